The van der Waals surface area contributed by atoms with Gasteiger partial charge in [0.15, 0.2) is 5.69 Å². The molecule has 1 amide bonds. The van der Waals surface area contributed by atoms with Crippen molar-refractivity contribution >= 4 is 27.3 Å². The molecular weight excluding hydrogens is 382 g/mol. The topological polar surface area (TPSA) is 54.3 Å². The van der Waals surface area contributed by atoms with Gasteiger partial charge in [0.2, 0.25) is 0 Å². The molecular formula is C22H27N5OS. The third kappa shape index (κ3) is 4.21. The Morgan fingerprint density at radius 2 is 2.00 bits per heavy atom. The maximum atomic E-state index is 12.5. The monoisotopic (exact) mass is 409 g/mol. The quantitative estimate of drug-likeness (QED) is 0.646. The average molecular weight is 410 g/mol. The molecule has 0 aliphatic carbocycles. The van der Waals surface area contributed by atoms with Crippen LogP contribution in [0.3, 0.4) is 0 Å². The van der Waals surface area contributed by atoms with Crippen molar-refractivity contribution in [1.82, 2.24) is 24.8 Å². The summed E-state index contributed by atoms with van der Waals surface area (Å²) in [6.45, 7) is 5.78. The Hall–Kier alpha value is -2.25. The fourth-order valence-electron chi connectivity index (χ4n) is 4.61. The summed E-state index contributed by atoms with van der Waals surface area (Å²) in [7, 11) is 0. The number of fused-ring (bicyclic) bond motifs is 1. The van der Waals surface area contributed by atoms with Crippen LogP contribution in [-0.2, 0) is 13.1 Å². The lowest BCUT2D eigenvalue weighted by Gasteiger charge is -2.32. The predicted molar refractivity (Wildman–Crippen MR) is 115 cm³/mol. The van der Waals surface area contributed by atoms with Gasteiger partial charge in [0.05, 0.1) is 6.20 Å². The molecule has 6 nitrogen and oxygen atoms in total. The first-order valence-corrected chi connectivity index (χ1v) is 11.5. The summed E-state index contributed by atoms with van der Waals surface area (Å²) >= 11 is 1.90. The first-order chi connectivity index (χ1) is 14.2. The van der Waals surface area contributed by atoms with Gasteiger partial charge in [-0.05, 0) is 55.7 Å². The number of aromatic nitrogens is 3. The minimum atomic E-state index is 0.0313. The Bertz CT molecular complexity index is 957. The number of nitrogens with zero attached hydrogens (tertiary/aromatic N) is 5. The Labute approximate surface area is 175 Å². The average Bonchev–Trinajstić information content (AvgIpc) is 3.48. The molecule has 152 valence electrons. The minimum absolute atomic E-state index is 0.0313. The molecule has 0 unspecified atom stereocenters. The van der Waals surface area contributed by atoms with Gasteiger partial charge in [0.25, 0.3) is 5.91 Å². The predicted octanol–water partition coefficient (Wildman–Crippen LogP) is 3.64. The standard InChI is InChI=1S/C22H27N5OS/c28-22(26-10-3-4-11-26)20-16-27(24-23-20)14-17-6-5-9-25(13-17)15-19-12-18-7-1-2-8-21(18)29-19/h1-2,7-8,12,16-17H,3-6,9-11,13-15H2/t17-/m0/s1. The van der Waals surface area contributed by atoms with Gasteiger partial charge in [0, 0.05) is 42.3 Å². The lowest BCUT2D eigenvalue weighted by Crippen LogP contribution is -2.36. The van der Waals surface area contributed by atoms with Gasteiger partial charge in [-0.25, -0.2) is 0 Å². The summed E-state index contributed by atoms with van der Waals surface area (Å²) in [6, 6.07) is 10.9. The summed E-state index contributed by atoms with van der Waals surface area (Å²) in [6.07, 6.45) is 6.45. The largest absolute Gasteiger partial charge is 0.337 e. The maximum Gasteiger partial charge on any atom is 0.276 e. The second-order valence-electron chi connectivity index (χ2n) is 8.32. The van der Waals surface area contributed by atoms with Crippen molar-refractivity contribution < 1.29 is 4.79 Å². The van der Waals surface area contributed by atoms with Crippen molar-refractivity contribution in [2.45, 2.75) is 38.8 Å². The molecule has 2 fully saturated rings. The highest BCUT2D eigenvalue weighted by Gasteiger charge is 2.24. The molecule has 3 aromatic rings. The Kier molecular flexibility index (Phi) is 5.33. The maximum absolute atomic E-state index is 12.5. The SMILES string of the molecule is O=C(c1cn(C[C@H]2CCCN(Cc3cc4ccccc4s3)C2)nn1)N1CCCC1. The van der Waals surface area contributed by atoms with Crippen molar-refractivity contribution in [2.75, 3.05) is 26.2 Å². The van der Waals surface area contributed by atoms with E-state index in [1.165, 1.54) is 27.8 Å². The zero-order valence-electron chi connectivity index (χ0n) is 16.7. The molecule has 2 aliphatic heterocycles. The number of piperidine rings is 1. The third-order valence-electron chi connectivity index (χ3n) is 6.06. The van der Waals surface area contributed by atoms with E-state index in [0.717, 1.165) is 52.1 Å². The van der Waals surface area contributed by atoms with E-state index in [4.69, 9.17) is 0 Å². The van der Waals surface area contributed by atoms with E-state index >= 15 is 0 Å². The molecule has 1 atom stereocenters. The highest BCUT2D eigenvalue weighted by Crippen LogP contribution is 2.28. The molecule has 0 bridgehead atoms. The van der Waals surface area contributed by atoms with E-state index in [2.05, 4.69) is 45.5 Å². The number of likely N-dealkylation sites (tertiary alicyclic amines) is 2. The summed E-state index contributed by atoms with van der Waals surface area (Å²) in [5.41, 5.74) is 0.491. The second kappa shape index (κ2) is 8.24. The highest BCUT2D eigenvalue weighted by atomic mass is 32.1. The first-order valence-electron chi connectivity index (χ1n) is 10.6. The van der Waals surface area contributed by atoms with Crippen LogP contribution in [0.5, 0.6) is 0 Å². The summed E-state index contributed by atoms with van der Waals surface area (Å²) in [5.74, 6) is 0.582. The van der Waals surface area contributed by atoms with Gasteiger partial charge < -0.3 is 4.90 Å². The number of carbonyl (C=O) groups is 1. The van der Waals surface area contributed by atoms with Gasteiger partial charge >= 0.3 is 0 Å². The van der Waals surface area contributed by atoms with E-state index < -0.39 is 0 Å². The third-order valence-corrected chi connectivity index (χ3v) is 7.16. The molecule has 1 aromatic carbocycles. The van der Waals surface area contributed by atoms with E-state index in [1.54, 1.807) is 0 Å². The van der Waals surface area contributed by atoms with Crippen molar-refractivity contribution in [3.8, 4) is 0 Å². The van der Waals surface area contributed by atoms with Crippen LogP contribution < -0.4 is 0 Å². The number of benzene rings is 1. The van der Waals surface area contributed by atoms with Crippen LogP contribution in [0.4, 0.5) is 0 Å². The molecule has 2 aliphatic rings. The molecule has 2 saturated heterocycles. The van der Waals surface area contributed by atoms with E-state index in [9.17, 15) is 4.79 Å². The van der Waals surface area contributed by atoms with Crippen LogP contribution in [0.15, 0.2) is 36.5 Å². The van der Waals surface area contributed by atoms with Crippen LogP contribution in [-0.4, -0.2) is 56.9 Å². The Morgan fingerprint density at radius 3 is 2.86 bits per heavy atom. The molecule has 5 rings (SSSR count). The minimum Gasteiger partial charge on any atom is -0.337 e. The second-order valence-corrected chi connectivity index (χ2v) is 9.49. The van der Waals surface area contributed by atoms with E-state index in [0.29, 0.717) is 11.6 Å². The fraction of sp³-hybridized carbons (Fsp3) is 0.500. The Morgan fingerprint density at radius 1 is 1.14 bits per heavy atom. The molecule has 0 N–H and O–H groups in total. The lowest BCUT2D eigenvalue weighted by atomic mass is 9.98. The summed E-state index contributed by atoms with van der Waals surface area (Å²) in [5, 5.41) is 9.74. The van der Waals surface area contributed by atoms with Gasteiger partial charge in [-0.2, -0.15) is 0 Å². The molecule has 29 heavy (non-hydrogen) atoms. The van der Waals surface area contributed by atoms with Gasteiger partial charge in [0.1, 0.15) is 0 Å². The molecule has 2 aromatic heterocycles. The van der Waals surface area contributed by atoms with Gasteiger partial charge in [-0.15, -0.1) is 16.4 Å². The summed E-state index contributed by atoms with van der Waals surface area (Å²) < 4.78 is 3.24. The number of hydrogen-bond donors (Lipinski definition) is 0. The molecule has 0 radical (unpaired) electrons. The van der Waals surface area contributed by atoms with Crippen LogP contribution in [0.2, 0.25) is 0 Å². The van der Waals surface area contributed by atoms with Crippen LogP contribution in [0.25, 0.3) is 10.1 Å². The van der Waals surface area contributed by atoms with Crippen molar-refractivity contribution in [2.24, 2.45) is 5.92 Å². The highest BCUT2D eigenvalue weighted by molar-refractivity contribution is 7.19. The smallest absolute Gasteiger partial charge is 0.276 e. The molecule has 0 spiro atoms. The van der Waals surface area contributed by atoms with Crippen molar-refractivity contribution in [1.29, 1.82) is 0 Å². The van der Waals surface area contributed by atoms with E-state index in [-0.39, 0.29) is 5.91 Å². The number of rotatable bonds is 5. The zero-order valence-corrected chi connectivity index (χ0v) is 17.5. The molecule has 4 heterocycles. The van der Waals surface area contributed by atoms with Crippen molar-refractivity contribution in [3.63, 3.8) is 0 Å². The van der Waals surface area contributed by atoms with Gasteiger partial charge in [-0.3, -0.25) is 14.4 Å². The van der Waals surface area contributed by atoms with Crippen LogP contribution in [0.1, 0.15) is 41.0 Å². The molecule has 7 heteroatoms. The fourth-order valence-corrected chi connectivity index (χ4v) is 5.72. The van der Waals surface area contributed by atoms with Crippen LogP contribution >= 0.6 is 11.3 Å². The number of hydrogen-bond acceptors (Lipinski definition) is 5. The number of amides is 1. The molecule has 0 saturated carbocycles. The number of thiophene rings is 1. The number of carbonyl (C=O) groups excluding carboxylic acids is 1. The van der Waals surface area contributed by atoms with Crippen LogP contribution in [0, 0.1) is 5.92 Å². The normalized spacial score (nSPS) is 20.6. The van der Waals surface area contributed by atoms with Crippen molar-refractivity contribution in [3.05, 3.63) is 47.1 Å². The zero-order chi connectivity index (χ0) is 19.6. The first kappa shape index (κ1) is 18.8. The Balaban J connectivity index is 1.19. The lowest BCUT2D eigenvalue weighted by molar-refractivity contribution is 0.0787. The van der Waals surface area contributed by atoms with E-state index in [1.807, 2.05) is 27.1 Å². The summed E-state index contributed by atoms with van der Waals surface area (Å²) in [4.78, 5) is 18.4. The van der Waals surface area contributed by atoms with Gasteiger partial charge in [-0.1, -0.05) is 23.4 Å².